The van der Waals surface area contributed by atoms with E-state index in [-0.39, 0.29) is 5.75 Å². The Morgan fingerprint density at radius 1 is 1.54 bits per heavy atom. The fraction of sp³-hybridized carbons (Fsp3) is 0.182. The molecule has 0 aliphatic heterocycles. The van der Waals surface area contributed by atoms with E-state index in [9.17, 15) is 4.79 Å². The minimum Gasteiger partial charge on any atom is -0.508 e. The first-order valence-electron chi connectivity index (χ1n) is 4.21. The van der Waals surface area contributed by atoms with Gasteiger partial charge >= 0.3 is 0 Å². The van der Waals surface area contributed by atoms with Crippen molar-refractivity contribution in [1.29, 1.82) is 0 Å². The summed E-state index contributed by atoms with van der Waals surface area (Å²) in [5, 5.41) is 9.15. The first kappa shape index (κ1) is 9.52. The molecule has 0 radical (unpaired) electrons. The van der Waals surface area contributed by atoms with E-state index < -0.39 is 0 Å². The molecule has 0 saturated carbocycles. The van der Waals surface area contributed by atoms with Gasteiger partial charge in [0.2, 0.25) is 0 Å². The van der Waals surface area contributed by atoms with Crippen molar-refractivity contribution in [2.45, 2.75) is 13.3 Å². The molecule has 2 nitrogen and oxygen atoms in total. The van der Waals surface area contributed by atoms with Gasteiger partial charge in [0.1, 0.15) is 12.0 Å². The number of rotatable bonds is 3. The summed E-state index contributed by atoms with van der Waals surface area (Å²) in [6.45, 7) is 1.92. The second-order valence-electron chi connectivity index (χ2n) is 2.79. The van der Waals surface area contributed by atoms with Crippen LogP contribution in [0.1, 0.15) is 18.9 Å². The van der Waals surface area contributed by atoms with Gasteiger partial charge in [0.25, 0.3) is 0 Å². The van der Waals surface area contributed by atoms with E-state index in [1.807, 2.05) is 13.0 Å². The van der Waals surface area contributed by atoms with Crippen molar-refractivity contribution in [2.75, 3.05) is 0 Å². The second kappa shape index (κ2) is 4.45. The maximum Gasteiger partial charge on any atom is 0.146 e. The largest absolute Gasteiger partial charge is 0.508 e. The predicted octanol–water partition coefficient (Wildman–Crippen LogP) is 2.38. The average molecular weight is 176 g/mol. The standard InChI is InChI=1S/C11H12O2/c1-2-9(8-12)6-10-4-3-5-11(13)7-10/h3-8,13H,2H2,1H3. The third-order valence-corrected chi connectivity index (χ3v) is 1.78. The number of hydrogen-bond donors (Lipinski definition) is 1. The summed E-state index contributed by atoms with van der Waals surface area (Å²) in [6, 6.07) is 6.82. The number of carbonyl (C=O) groups excluding carboxylic acids is 1. The number of allylic oxidation sites excluding steroid dienone is 1. The molecule has 0 unspecified atom stereocenters. The van der Waals surface area contributed by atoms with Gasteiger partial charge in [0.05, 0.1) is 0 Å². The van der Waals surface area contributed by atoms with E-state index in [1.54, 1.807) is 24.3 Å². The zero-order chi connectivity index (χ0) is 9.68. The van der Waals surface area contributed by atoms with Crippen LogP contribution in [0.5, 0.6) is 5.75 Å². The van der Waals surface area contributed by atoms with Crippen LogP contribution in [-0.2, 0) is 4.79 Å². The summed E-state index contributed by atoms with van der Waals surface area (Å²) >= 11 is 0. The number of aromatic hydroxyl groups is 1. The molecule has 2 heteroatoms. The zero-order valence-corrected chi connectivity index (χ0v) is 7.53. The van der Waals surface area contributed by atoms with E-state index in [0.29, 0.717) is 6.42 Å². The molecule has 0 heterocycles. The van der Waals surface area contributed by atoms with Crippen molar-refractivity contribution in [1.82, 2.24) is 0 Å². The van der Waals surface area contributed by atoms with Crippen LogP contribution in [0, 0.1) is 0 Å². The van der Waals surface area contributed by atoms with Crippen molar-refractivity contribution in [3.8, 4) is 5.75 Å². The molecule has 0 amide bonds. The summed E-state index contributed by atoms with van der Waals surface area (Å²) in [6.07, 6.45) is 3.32. The summed E-state index contributed by atoms with van der Waals surface area (Å²) < 4.78 is 0. The van der Waals surface area contributed by atoms with E-state index in [4.69, 9.17) is 5.11 Å². The van der Waals surface area contributed by atoms with Crippen LogP contribution in [0.4, 0.5) is 0 Å². The molecule has 68 valence electrons. The summed E-state index contributed by atoms with van der Waals surface area (Å²) in [5.41, 5.74) is 1.58. The minimum absolute atomic E-state index is 0.218. The Morgan fingerprint density at radius 2 is 2.31 bits per heavy atom. The number of hydrogen-bond acceptors (Lipinski definition) is 2. The number of benzene rings is 1. The highest BCUT2D eigenvalue weighted by Gasteiger charge is 1.93. The smallest absolute Gasteiger partial charge is 0.146 e. The summed E-state index contributed by atoms with van der Waals surface area (Å²) in [4.78, 5) is 10.5. The van der Waals surface area contributed by atoms with Gasteiger partial charge < -0.3 is 5.11 Å². The maximum atomic E-state index is 10.5. The van der Waals surface area contributed by atoms with Crippen LogP contribution < -0.4 is 0 Å². The molecule has 0 atom stereocenters. The number of aldehydes is 1. The lowest BCUT2D eigenvalue weighted by Gasteiger charge is -1.96. The molecule has 1 rings (SSSR count). The first-order valence-corrected chi connectivity index (χ1v) is 4.21. The molecule has 0 spiro atoms. The molecule has 1 N–H and O–H groups in total. The normalized spacial score (nSPS) is 11.3. The monoisotopic (exact) mass is 176 g/mol. The van der Waals surface area contributed by atoms with Crippen LogP contribution in [0.2, 0.25) is 0 Å². The van der Waals surface area contributed by atoms with Gasteiger partial charge in [-0.1, -0.05) is 19.1 Å². The Kier molecular flexibility index (Phi) is 3.26. The van der Waals surface area contributed by atoms with Crippen molar-refractivity contribution in [3.05, 3.63) is 35.4 Å². The van der Waals surface area contributed by atoms with Crippen molar-refractivity contribution in [3.63, 3.8) is 0 Å². The van der Waals surface area contributed by atoms with Crippen LogP contribution in [0.3, 0.4) is 0 Å². The molecular weight excluding hydrogens is 164 g/mol. The fourth-order valence-electron chi connectivity index (χ4n) is 1.05. The van der Waals surface area contributed by atoms with Crippen LogP contribution in [-0.4, -0.2) is 11.4 Å². The lowest BCUT2D eigenvalue weighted by Crippen LogP contribution is -1.81. The Morgan fingerprint density at radius 3 is 2.85 bits per heavy atom. The lowest BCUT2D eigenvalue weighted by atomic mass is 10.1. The van der Waals surface area contributed by atoms with Crippen molar-refractivity contribution in [2.24, 2.45) is 0 Å². The molecule has 1 aromatic carbocycles. The highest BCUT2D eigenvalue weighted by atomic mass is 16.3. The maximum absolute atomic E-state index is 10.5. The van der Waals surface area contributed by atoms with Crippen molar-refractivity contribution < 1.29 is 9.90 Å². The van der Waals surface area contributed by atoms with Gasteiger partial charge in [-0.2, -0.15) is 0 Å². The van der Waals surface area contributed by atoms with Crippen LogP contribution in [0.25, 0.3) is 6.08 Å². The Hall–Kier alpha value is -1.57. The van der Waals surface area contributed by atoms with Gasteiger partial charge in [-0.3, -0.25) is 4.79 Å². The van der Waals surface area contributed by atoms with Gasteiger partial charge in [-0.15, -0.1) is 0 Å². The molecule has 1 aromatic rings. The first-order chi connectivity index (χ1) is 6.26. The van der Waals surface area contributed by atoms with Gasteiger partial charge in [-0.05, 0) is 35.8 Å². The molecule has 0 saturated heterocycles. The Labute approximate surface area is 77.5 Å². The molecule has 0 bridgehead atoms. The topological polar surface area (TPSA) is 37.3 Å². The van der Waals surface area contributed by atoms with Gasteiger partial charge in [0.15, 0.2) is 0 Å². The molecule has 13 heavy (non-hydrogen) atoms. The zero-order valence-electron chi connectivity index (χ0n) is 7.53. The van der Waals surface area contributed by atoms with Crippen molar-refractivity contribution >= 4 is 12.4 Å². The van der Waals surface area contributed by atoms with Gasteiger partial charge in [0, 0.05) is 0 Å². The number of phenolic OH excluding ortho intramolecular Hbond substituents is 1. The lowest BCUT2D eigenvalue weighted by molar-refractivity contribution is -0.104. The molecule has 0 aliphatic carbocycles. The average Bonchev–Trinajstić information content (AvgIpc) is 2.14. The molecule has 0 fully saturated rings. The van der Waals surface area contributed by atoms with E-state index >= 15 is 0 Å². The number of carbonyl (C=O) groups is 1. The molecule has 0 aromatic heterocycles. The molecule has 0 aliphatic rings. The third-order valence-electron chi connectivity index (χ3n) is 1.78. The summed E-state index contributed by atoms with van der Waals surface area (Å²) in [7, 11) is 0. The van der Waals surface area contributed by atoms with Crippen LogP contribution in [0.15, 0.2) is 29.8 Å². The Balaban J connectivity index is 2.95. The van der Waals surface area contributed by atoms with E-state index in [2.05, 4.69) is 0 Å². The van der Waals surface area contributed by atoms with Gasteiger partial charge in [-0.25, -0.2) is 0 Å². The quantitative estimate of drug-likeness (QED) is 0.567. The SMILES string of the molecule is CCC(C=O)=Cc1cccc(O)c1. The molecular formula is C11H12O2. The van der Waals surface area contributed by atoms with E-state index in [1.165, 1.54) is 0 Å². The highest BCUT2D eigenvalue weighted by molar-refractivity contribution is 5.81. The highest BCUT2D eigenvalue weighted by Crippen LogP contribution is 2.14. The Bertz CT molecular complexity index is 327. The van der Waals surface area contributed by atoms with E-state index in [0.717, 1.165) is 17.4 Å². The minimum atomic E-state index is 0.218. The third kappa shape index (κ3) is 2.75. The fourth-order valence-corrected chi connectivity index (χ4v) is 1.05. The number of phenols is 1. The second-order valence-corrected chi connectivity index (χ2v) is 2.79. The summed E-state index contributed by atoms with van der Waals surface area (Å²) in [5.74, 6) is 0.218. The predicted molar refractivity (Wildman–Crippen MR) is 52.4 cm³/mol. The van der Waals surface area contributed by atoms with Crippen LogP contribution >= 0.6 is 0 Å².